The van der Waals surface area contributed by atoms with Crippen molar-refractivity contribution in [2.24, 2.45) is 0 Å². The van der Waals surface area contributed by atoms with Crippen LogP contribution in [0.5, 0.6) is 0 Å². The molecule has 0 bridgehead atoms. The SMILES string of the molecule is CCc1ccccc1CNC(C)CC#N. The second-order valence-electron chi connectivity index (χ2n) is 3.77. The number of nitrogens with zero attached hydrogens (tertiary/aromatic N) is 1. The molecule has 1 rings (SSSR count). The molecule has 1 aromatic rings. The van der Waals surface area contributed by atoms with Crippen molar-refractivity contribution >= 4 is 0 Å². The van der Waals surface area contributed by atoms with Crippen LogP contribution in [0.15, 0.2) is 24.3 Å². The monoisotopic (exact) mass is 202 g/mol. The van der Waals surface area contributed by atoms with E-state index in [0.29, 0.717) is 6.42 Å². The maximum atomic E-state index is 8.54. The number of benzene rings is 1. The molecule has 1 unspecified atom stereocenters. The molecule has 80 valence electrons. The normalized spacial score (nSPS) is 12.1. The molecule has 0 saturated carbocycles. The zero-order chi connectivity index (χ0) is 11.1. The molecule has 0 saturated heterocycles. The lowest BCUT2D eigenvalue weighted by molar-refractivity contribution is 0.555. The van der Waals surface area contributed by atoms with Crippen LogP contribution in [0, 0.1) is 11.3 Å². The van der Waals surface area contributed by atoms with Crippen LogP contribution >= 0.6 is 0 Å². The zero-order valence-corrected chi connectivity index (χ0v) is 9.46. The van der Waals surface area contributed by atoms with Crippen LogP contribution in [0.4, 0.5) is 0 Å². The molecule has 2 heteroatoms. The van der Waals surface area contributed by atoms with Gasteiger partial charge in [-0.3, -0.25) is 0 Å². The summed E-state index contributed by atoms with van der Waals surface area (Å²) in [5, 5.41) is 11.9. The second-order valence-corrected chi connectivity index (χ2v) is 3.77. The van der Waals surface area contributed by atoms with Crippen LogP contribution in [-0.4, -0.2) is 6.04 Å². The Morgan fingerprint density at radius 1 is 1.33 bits per heavy atom. The number of nitrogens with one attached hydrogen (secondary N) is 1. The minimum absolute atomic E-state index is 0.264. The van der Waals surface area contributed by atoms with Gasteiger partial charge in [0, 0.05) is 12.6 Å². The van der Waals surface area contributed by atoms with Crippen molar-refractivity contribution in [3.05, 3.63) is 35.4 Å². The van der Waals surface area contributed by atoms with E-state index in [1.807, 2.05) is 6.92 Å². The van der Waals surface area contributed by atoms with Crippen molar-refractivity contribution in [2.75, 3.05) is 0 Å². The van der Waals surface area contributed by atoms with Gasteiger partial charge < -0.3 is 5.32 Å². The molecule has 1 aromatic carbocycles. The summed E-state index contributed by atoms with van der Waals surface area (Å²) in [6, 6.07) is 10.9. The van der Waals surface area contributed by atoms with Crippen molar-refractivity contribution in [3.8, 4) is 6.07 Å². The summed E-state index contributed by atoms with van der Waals surface area (Å²) in [5.74, 6) is 0. The molecule has 0 aliphatic carbocycles. The highest BCUT2D eigenvalue weighted by atomic mass is 14.9. The van der Waals surface area contributed by atoms with Crippen molar-refractivity contribution in [1.82, 2.24) is 5.32 Å². The molecule has 0 radical (unpaired) electrons. The Morgan fingerprint density at radius 3 is 2.60 bits per heavy atom. The van der Waals surface area contributed by atoms with Gasteiger partial charge in [-0.2, -0.15) is 5.26 Å². The van der Waals surface area contributed by atoms with Gasteiger partial charge >= 0.3 is 0 Å². The fraction of sp³-hybridized carbons (Fsp3) is 0.462. The maximum absolute atomic E-state index is 8.54. The van der Waals surface area contributed by atoms with Crippen molar-refractivity contribution in [1.29, 1.82) is 5.26 Å². The highest BCUT2D eigenvalue weighted by Crippen LogP contribution is 2.09. The van der Waals surface area contributed by atoms with Crippen LogP contribution in [0.2, 0.25) is 0 Å². The summed E-state index contributed by atoms with van der Waals surface area (Å²) in [7, 11) is 0. The van der Waals surface area contributed by atoms with Gasteiger partial charge in [-0.25, -0.2) is 0 Å². The van der Waals surface area contributed by atoms with Gasteiger partial charge in [0.1, 0.15) is 0 Å². The van der Waals surface area contributed by atoms with E-state index < -0.39 is 0 Å². The molecular weight excluding hydrogens is 184 g/mol. The third-order valence-corrected chi connectivity index (χ3v) is 2.54. The van der Waals surface area contributed by atoms with Gasteiger partial charge in [-0.05, 0) is 24.5 Å². The topological polar surface area (TPSA) is 35.8 Å². The molecule has 1 N–H and O–H groups in total. The smallest absolute Gasteiger partial charge is 0.0638 e. The number of hydrogen-bond donors (Lipinski definition) is 1. The molecule has 2 nitrogen and oxygen atoms in total. The van der Waals surface area contributed by atoms with E-state index in [1.165, 1.54) is 11.1 Å². The average Bonchev–Trinajstić information content (AvgIpc) is 2.27. The number of rotatable bonds is 5. The van der Waals surface area contributed by atoms with E-state index in [2.05, 4.69) is 42.6 Å². The fourth-order valence-electron chi connectivity index (χ4n) is 1.57. The van der Waals surface area contributed by atoms with Crippen LogP contribution in [0.3, 0.4) is 0 Å². The molecule has 1 atom stereocenters. The lowest BCUT2D eigenvalue weighted by atomic mass is 10.1. The number of aryl methyl sites for hydroxylation is 1. The summed E-state index contributed by atoms with van der Waals surface area (Å²) in [4.78, 5) is 0. The highest BCUT2D eigenvalue weighted by molar-refractivity contribution is 5.26. The van der Waals surface area contributed by atoms with Crippen LogP contribution in [-0.2, 0) is 13.0 Å². The van der Waals surface area contributed by atoms with E-state index in [4.69, 9.17) is 5.26 Å². The highest BCUT2D eigenvalue weighted by Gasteiger charge is 2.02. The Bertz CT molecular complexity index is 339. The molecule has 0 aromatic heterocycles. The van der Waals surface area contributed by atoms with E-state index in [9.17, 15) is 0 Å². The second kappa shape index (κ2) is 6.21. The summed E-state index contributed by atoms with van der Waals surface area (Å²) in [6.07, 6.45) is 1.62. The van der Waals surface area contributed by atoms with Crippen molar-refractivity contribution in [3.63, 3.8) is 0 Å². The standard InChI is InChI=1S/C13H18N2/c1-3-12-6-4-5-7-13(12)10-15-11(2)8-9-14/h4-7,11,15H,3,8,10H2,1-2H3. The number of nitriles is 1. The van der Waals surface area contributed by atoms with Crippen molar-refractivity contribution in [2.45, 2.75) is 39.3 Å². The first-order chi connectivity index (χ1) is 7.27. The Kier molecular flexibility index (Phi) is 4.86. The van der Waals surface area contributed by atoms with E-state index in [1.54, 1.807) is 0 Å². The largest absolute Gasteiger partial charge is 0.309 e. The quantitative estimate of drug-likeness (QED) is 0.796. The molecule has 0 amide bonds. The van der Waals surface area contributed by atoms with Gasteiger partial charge in [0.15, 0.2) is 0 Å². The summed E-state index contributed by atoms with van der Waals surface area (Å²) >= 11 is 0. The zero-order valence-electron chi connectivity index (χ0n) is 9.46. The van der Waals surface area contributed by atoms with Crippen molar-refractivity contribution < 1.29 is 0 Å². The predicted octanol–water partition coefficient (Wildman–Crippen LogP) is 2.64. The summed E-state index contributed by atoms with van der Waals surface area (Å²) < 4.78 is 0. The minimum atomic E-state index is 0.264. The summed E-state index contributed by atoms with van der Waals surface area (Å²) in [6.45, 7) is 5.06. The van der Waals surface area contributed by atoms with Gasteiger partial charge in [-0.1, -0.05) is 31.2 Å². The molecule has 0 spiro atoms. The van der Waals surface area contributed by atoms with Gasteiger partial charge in [0.25, 0.3) is 0 Å². The van der Waals surface area contributed by atoms with Gasteiger partial charge in [0.05, 0.1) is 12.5 Å². The third kappa shape index (κ3) is 3.73. The Morgan fingerprint density at radius 2 is 2.00 bits per heavy atom. The molecule has 0 aliphatic rings. The first-order valence-electron chi connectivity index (χ1n) is 5.45. The van der Waals surface area contributed by atoms with E-state index in [-0.39, 0.29) is 6.04 Å². The lowest BCUT2D eigenvalue weighted by Gasteiger charge is -2.12. The van der Waals surface area contributed by atoms with E-state index in [0.717, 1.165) is 13.0 Å². The number of hydrogen-bond acceptors (Lipinski definition) is 2. The lowest BCUT2D eigenvalue weighted by Crippen LogP contribution is -2.25. The predicted molar refractivity (Wildman–Crippen MR) is 62.4 cm³/mol. The van der Waals surface area contributed by atoms with Gasteiger partial charge in [-0.15, -0.1) is 0 Å². The maximum Gasteiger partial charge on any atom is 0.0638 e. The fourth-order valence-corrected chi connectivity index (χ4v) is 1.57. The van der Waals surface area contributed by atoms with Crippen LogP contribution in [0.1, 0.15) is 31.4 Å². The summed E-state index contributed by atoms with van der Waals surface area (Å²) in [5.41, 5.74) is 2.72. The first kappa shape index (κ1) is 11.7. The molecule has 0 aliphatic heterocycles. The molecule has 15 heavy (non-hydrogen) atoms. The Labute approximate surface area is 91.9 Å². The van der Waals surface area contributed by atoms with E-state index >= 15 is 0 Å². The minimum Gasteiger partial charge on any atom is -0.309 e. The van der Waals surface area contributed by atoms with Gasteiger partial charge in [0.2, 0.25) is 0 Å². The first-order valence-corrected chi connectivity index (χ1v) is 5.45. The molecule has 0 fully saturated rings. The Hall–Kier alpha value is -1.33. The Balaban J connectivity index is 2.54. The average molecular weight is 202 g/mol. The molecule has 0 heterocycles. The molecular formula is C13H18N2. The third-order valence-electron chi connectivity index (χ3n) is 2.54. The van der Waals surface area contributed by atoms with Crippen LogP contribution < -0.4 is 5.32 Å². The van der Waals surface area contributed by atoms with Crippen LogP contribution in [0.25, 0.3) is 0 Å².